The van der Waals surface area contributed by atoms with Crippen molar-refractivity contribution in [2.75, 3.05) is 0 Å². The van der Waals surface area contributed by atoms with E-state index in [1.54, 1.807) is 12.4 Å². The minimum absolute atomic E-state index is 1.28. The van der Waals surface area contributed by atoms with E-state index in [0.29, 0.717) is 0 Å². The summed E-state index contributed by atoms with van der Waals surface area (Å²) in [5, 5.41) is 0. The van der Waals surface area contributed by atoms with E-state index in [-0.39, 0.29) is 0 Å². The summed E-state index contributed by atoms with van der Waals surface area (Å²) in [5.74, 6) is 0. The molecule has 1 heteroatoms. The quantitative estimate of drug-likeness (QED) is 0.605. The molecule has 0 radical (unpaired) electrons. The first-order valence-corrected chi connectivity index (χ1v) is 5.92. The average Bonchev–Trinajstić information content (AvgIpc) is 2.51. The van der Waals surface area contributed by atoms with Gasteiger partial charge in [-0.2, -0.15) is 0 Å². The molecule has 1 nitrogen and oxygen atoms in total. The van der Waals surface area contributed by atoms with E-state index in [4.69, 9.17) is 0 Å². The van der Waals surface area contributed by atoms with Crippen LogP contribution in [0.5, 0.6) is 0 Å². The Morgan fingerprint density at radius 2 is 0.833 bits per heavy atom. The highest BCUT2D eigenvalue weighted by molar-refractivity contribution is 5.62. The van der Waals surface area contributed by atoms with Gasteiger partial charge in [0.1, 0.15) is 0 Å². The van der Waals surface area contributed by atoms with Crippen LogP contribution >= 0.6 is 0 Å². The van der Waals surface area contributed by atoms with E-state index >= 15 is 0 Å². The van der Waals surface area contributed by atoms with Gasteiger partial charge in [0.25, 0.3) is 0 Å². The minimum atomic E-state index is 1.28. The number of pyridine rings is 1. The van der Waals surface area contributed by atoms with E-state index in [0.717, 1.165) is 0 Å². The molecule has 18 heavy (non-hydrogen) atoms. The van der Waals surface area contributed by atoms with E-state index in [1.165, 1.54) is 11.1 Å². The number of nitrogens with zero attached hydrogens (tertiary/aromatic N) is 1. The van der Waals surface area contributed by atoms with Gasteiger partial charge in [-0.05, 0) is 23.3 Å². The number of rotatable bonds is 1. The van der Waals surface area contributed by atoms with Crippen molar-refractivity contribution in [2.45, 2.75) is 0 Å². The Kier molecular flexibility index (Phi) is 4.70. The van der Waals surface area contributed by atoms with Crippen LogP contribution in [0.3, 0.4) is 0 Å². The maximum absolute atomic E-state index is 3.78. The molecule has 1 heterocycles. The van der Waals surface area contributed by atoms with Crippen LogP contribution in [-0.2, 0) is 0 Å². The van der Waals surface area contributed by atoms with Gasteiger partial charge in [0.2, 0.25) is 0 Å². The van der Waals surface area contributed by atoms with Gasteiger partial charge in [0.15, 0.2) is 0 Å². The van der Waals surface area contributed by atoms with Crippen molar-refractivity contribution < 1.29 is 0 Å². The molecule has 3 rings (SSSR count). The zero-order chi connectivity index (χ0) is 12.5. The van der Waals surface area contributed by atoms with Crippen molar-refractivity contribution in [2.24, 2.45) is 0 Å². The van der Waals surface area contributed by atoms with E-state index in [9.17, 15) is 0 Å². The Balaban J connectivity index is 0.000000169. The molecule has 0 aliphatic rings. The van der Waals surface area contributed by atoms with E-state index < -0.39 is 0 Å². The Morgan fingerprint density at radius 1 is 0.444 bits per heavy atom. The van der Waals surface area contributed by atoms with Crippen molar-refractivity contribution in [3.8, 4) is 11.1 Å². The predicted molar refractivity (Wildman–Crippen MR) is 76.1 cm³/mol. The summed E-state index contributed by atoms with van der Waals surface area (Å²) in [7, 11) is 0. The van der Waals surface area contributed by atoms with Crippen molar-refractivity contribution in [3.63, 3.8) is 0 Å². The first-order chi connectivity index (χ1) is 8.97. The van der Waals surface area contributed by atoms with Crippen molar-refractivity contribution in [1.29, 1.82) is 0 Å². The highest BCUT2D eigenvalue weighted by atomic mass is 14.6. The molecule has 0 unspecified atom stereocenters. The molecule has 0 aliphatic carbocycles. The highest BCUT2D eigenvalue weighted by Gasteiger charge is 1.91. The Labute approximate surface area is 108 Å². The standard InChI is InChI=1S/C12H10.C5H5N/c1-3-7-11(8-4-1)12-9-5-2-6-10-12;1-2-4-6-5-3-1/h1-10H;1-5H. The molecule has 0 saturated heterocycles. The zero-order valence-electron chi connectivity index (χ0n) is 10.1. The lowest BCUT2D eigenvalue weighted by atomic mass is 10.1. The topological polar surface area (TPSA) is 12.9 Å². The summed E-state index contributed by atoms with van der Waals surface area (Å²) in [4.78, 5) is 3.78. The first-order valence-electron chi connectivity index (χ1n) is 5.92. The molecule has 0 amide bonds. The molecule has 0 saturated carbocycles. The van der Waals surface area contributed by atoms with Gasteiger partial charge in [-0.3, -0.25) is 4.98 Å². The zero-order valence-corrected chi connectivity index (χ0v) is 10.1. The lowest BCUT2D eigenvalue weighted by Gasteiger charge is -1.98. The van der Waals surface area contributed by atoms with Crippen LogP contribution in [0.1, 0.15) is 0 Å². The molecule has 0 spiro atoms. The molecule has 0 bridgehead atoms. The van der Waals surface area contributed by atoms with Gasteiger partial charge < -0.3 is 0 Å². The molecule has 1 aromatic heterocycles. The van der Waals surface area contributed by atoms with Gasteiger partial charge in [-0.25, -0.2) is 0 Å². The SMILES string of the molecule is c1ccc(-c2ccccc2)cc1.c1ccncc1. The van der Waals surface area contributed by atoms with Gasteiger partial charge in [-0.1, -0.05) is 66.7 Å². The molecule has 0 N–H and O–H groups in total. The number of hydrogen-bond acceptors (Lipinski definition) is 1. The minimum Gasteiger partial charge on any atom is -0.265 e. The van der Waals surface area contributed by atoms with Crippen molar-refractivity contribution >= 4 is 0 Å². The van der Waals surface area contributed by atoms with Crippen LogP contribution in [-0.4, -0.2) is 4.98 Å². The Morgan fingerprint density at radius 3 is 1.11 bits per heavy atom. The van der Waals surface area contributed by atoms with Gasteiger partial charge in [0.05, 0.1) is 0 Å². The van der Waals surface area contributed by atoms with Crippen LogP contribution in [0, 0.1) is 0 Å². The second kappa shape index (κ2) is 7.02. The summed E-state index contributed by atoms with van der Waals surface area (Å²) in [6.07, 6.45) is 3.50. The molecule has 2 aromatic carbocycles. The predicted octanol–water partition coefficient (Wildman–Crippen LogP) is 4.44. The highest BCUT2D eigenvalue weighted by Crippen LogP contribution is 2.17. The fourth-order valence-electron chi connectivity index (χ4n) is 1.57. The molecular weight excluding hydrogens is 218 g/mol. The molecule has 0 atom stereocenters. The largest absolute Gasteiger partial charge is 0.265 e. The third kappa shape index (κ3) is 3.87. The van der Waals surface area contributed by atoms with E-state index in [1.807, 2.05) is 30.3 Å². The van der Waals surface area contributed by atoms with Crippen LogP contribution in [0.2, 0.25) is 0 Å². The molecule has 0 fully saturated rings. The fourth-order valence-corrected chi connectivity index (χ4v) is 1.57. The average molecular weight is 233 g/mol. The Bertz CT molecular complexity index is 468. The molecule has 0 aliphatic heterocycles. The van der Waals surface area contributed by atoms with Crippen molar-refractivity contribution in [3.05, 3.63) is 91.3 Å². The molecule has 3 aromatic rings. The summed E-state index contributed by atoms with van der Waals surface area (Å²) < 4.78 is 0. The lowest BCUT2D eigenvalue weighted by molar-refractivity contribution is 1.33. The second-order valence-corrected chi connectivity index (χ2v) is 3.76. The van der Waals surface area contributed by atoms with Gasteiger partial charge in [-0.15, -0.1) is 0 Å². The summed E-state index contributed by atoms with van der Waals surface area (Å²) in [5.41, 5.74) is 2.55. The molecule has 88 valence electrons. The third-order valence-electron chi connectivity index (χ3n) is 2.45. The van der Waals surface area contributed by atoms with E-state index in [2.05, 4.69) is 53.5 Å². The normalized spacial score (nSPS) is 9.11. The Hall–Kier alpha value is -2.41. The second-order valence-electron chi connectivity index (χ2n) is 3.76. The van der Waals surface area contributed by atoms with Crippen molar-refractivity contribution in [1.82, 2.24) is 4.98 Å². The van der Waals surface area contributed by atoms with Crippen LogP contribution in [0.15, 0.2) is 91.3 Å². The maximum Gasteiger partial charge on any atom is 0.0267 e. The maximum atomic E-state index is 3.78. The monoisotopic (exact) mass is 233 g/mol. The molecular formula is C17H15N. The number of aromatic nitrogens is 1. The van der Waals surface area contributed by atoms with Crippen LogP contribution in [0.4, 0.5) is 0 Å². The van der Waals surface area contributed by atoms with Crippen LogP contribution < -0.4 is 0 Å². The van der Waals surface area contributed by atoms with Crippen LogP contribution in [0.25, 0.3) is 11.1 Å². The van der Waals surface area contributed by atoms with Gasteiger partial charge in [0, 0.05) is 12.4 Å². The lowest BCUT2D eigenvalue weighted by Crippen LogP contribution is -1.73. The first kappa shape index (κ1) is 12.1. The number of hydrogen-bond donors (Lipinski definition) is 0. The third-order valence-corrected chi connectivity index (χ3v) is 2.45. The fraction of sp³-hybridized carbons (Fsp3) is 0. The summed E-state index contributed by atoms with van der Waals surface area (Å²) in [6.45, 7) is 0. The smallest absolute Gasteiger partial charge is 0.0267 e. The number of benzene rings is 2. The summed E-state index contributed by atoms with van der Waals surface area (Å²) in [6, 6.07) is 26.5. The summed E-state index contributed by atoms with van der Waals surface area (Å²) >= 11 is 0. The van der Waals surface area contributed by atoms with Gasteiger partial charge >= 0.3 is 0 Å².